The summed E-state index contributed by atoms with van der Waals surface area (Å²) >= 11 is 0. The lowest BCUT2D eigenvalue weighted by molar-refractivity contribution is -0.117. The van der Waals surface area contributed by atoms with Crippen molar-refractivity contribution in [3.63, 3.8) is 0 Å². The Morgan fingerprint density at radius 2 is 2.00 bits per heavy atom. The van der Waals surface area contributed by atoms with Gasteiger partial charge in [0.1, 0.15) is 0 Å². The zero-order valence-electron chi connectivity index (χ0n) is 11.9. The van der Waals surface area contributed by atoms with Crippen molar-refractivity contribution in [1.82, 2.24) is 0 Å². The summed E-state index contributed by atoms with van der Waals surface area (Å²) in [7, 11) is 0. The zero-order chi connectivity index (χ0) is 14.2. The van der Waals surface area contributed by atoms with Crippen LogP contribution in [-0.4, -0.2) is 18.6 Å². The molecule has 0 unspecified atom stereocenters. The number of anilines is 1. The minimum atomic E-state index is -0.0123. The van der Waals surface area contributed by atoms with Crippen LogP contribution in [-0.2, 0) is 16.1 Å². The predicted octanol–water partition coefficient (Wildman–Crippen LogP) is 2.82. The van der Waals surface area contributed by atoms with E-state index in [1.807, 2.05) is 24.3 Å². The number of hydrogen-bond acceptors (Lipinski definition) is 3. The van der Waals surface area contributed by atoms with Crippen molar-refractivity contribution in [2.75, 3.05) is 11.9 Å². The average Bonchev–Trinajstić information content (AvgIpc) is 2.49. The Morgan fingerprint density at radius 3 is 2.75 bits per heavy atom. The lowest BCUT2D eigenvalue weighted by atomic mass is 9.98. The van der Waals surface area contributed by atoms with E-state index in [9.17, 15) is 4.79 Å². The molecule has 0 aliphatic heterocycles. The molecule has 1 aliphatic rings. The summed E-state index contributed by atoms with van der Waals surface area (Å²) in [5.41, 5.74) is 7.40. The molecule has 0 heterocycles. The summed E-state index contributed by atoms with van der Waals surface area (Å²) in [5, 5.41) is 2.90. The predicted molar refractivity (Wildman–Crippen MR) is 80.4 cm³/mol. The molecule has 0 atom stereocenters. The molecule has 0 saturated heterocycles. The summed E-state index contributed by atoms with van der Waals surface area (Å²) in [6.45, 7) is 0.927. The third-order valence-electron chi connectivity index (χ3n) is 3.75. The van der Waals surface area contributed by atoms with Crippen molar-refractivity contribution in [2.45, 2.75) is 51.2 Å². The van der Waals surface area contributed by atoms with E-state index >= 15 is 0 Å². The van der Waals surface area contributed by atoms with Crippen molar-refractivity contribution < 1.29 is 9.53 Å². The van der Waals surface area contributed by atoms with E-state index in [4.69, 9.17) is 10.5 Å². The molecule has 4 heteroatoms. The Hall–Kier alpha value is -1.39. The normalized spacial score (nSPS) is 16.1. The fraction of sp³-hybridized carbons (Fsp3) is 0.562. The fourth-order valence-corrected chi connectivity index (χ4v) is 2.58. The lowest BCUT2D eigenvalue weighted by Gasteiger charge is -2.21. The SMILES string of the molecule is NCc1ccccc1NC(=O)CCOC1CCCCC1. The minimum absolute atomic E-state index is 0.0123. The summed E-state index contributed by atoms with van der Waals surface area (Å²) in [6.07, 6.45) is 6.84. The zero-order valence-corrected chi connectivity index (χ0v) is 11.9. The van der Waals surface area contributed by atoms with E-state index in [2.05, 4.69) is 5.32 Å². The summed E-state index contributed by atoms with van der Waals surface area (Å²) in [4.78, 5) is 11.9. The van der Waals surface area contributed by atoms with Crippen LogP contribution in [0.15, 0.2) is 24.3 Å². The van der Waals surface area contributed by atoms with Gasteiger partial charge in [-0.3, -0.25) is 4.79 Å². The van der Waals surface area contributed by atoms with Crippen LogP contribution < -0.4 is 11.1 Å². The molecule has 0 spiro atoms. The molecule has 110 valence electrons. The van der Waals surface area contributed by atoms with E-state index in [0.29, 0.717) is 25.7 Å². The van der Waals surface area contributed by atoms with Crippen molar-refractivity contribution in [1.29, 1.82) is 0 Å². The molecule has 0 radical (unpaired) electrons. The van der Waals surface area contributed by atoms with Crippen LogP contribution in [0.2, 0.25) is 0 Å². The number of benzene rings is 1. The number of rotatable bonds is 6. The standard InChI is InChI=1S/C16H24N2O2/c17-12-13-6-4-5-9-15(13)18-16(19)10-11-20-14-7-2-1-3-8-14/h4-6,9,14H,1-3,7-8,10-12,17H2,(H,18,19). The first-order valence-corrected chi connectivity index (χ1v) is 7.49. The number of nitrogens with one attached hydrogen (secondary N) is 1. The third kappa shape index (κ3) is 4.62. The van der Waals surface area contributed by atoms with E-state index in [1.165, 1.54) is 19.3 Å². The Balaban J connectivity index is 1.72. The molecule has 1 aromatic carbocycles. The number of nitrogens with two attached hydrogens (primary N) is 1. The molecule has 0 aromatic heterocycles. The van der Waals surface area contributed by atoms with Crippen LogP contribution >= 0.6 is 0 Å². The Bertz CT molecular complexity index is 428. The van der Waals surface area contributed by atoms with Crippen LogP contribution in [0.5, 0.6) is 0 Å². The molecule has 1 aliphatic carbocycles. The van der Waals surface area contributed by atoms with Gasteiger partial charge in [0.15, 0.2) is 0 Å². The van der Waals surface area contributed by atoms with Gasteiger partial charge in [-0.05, 0) is 24.5 Å². The highest BCUT2D eigenvalue weighted by Crippen LogP contribution is 2.20. The van der Waals surface area contributed by atoms with Crippen molar-refractivity contribution in [2.24, 2.45) is 5.73 Å². The van der Waals surface area contributed by atoms with Gasteiger partial charge in [-0.1, -0.05) is 37.5 Å². The molecule has 4 nitrogen and oxygen atoms in total. The first-order chi connectivity index (χ1) is 9.79. The summed E-state index contributed by atoms with van der Waals surface area (Å²) in [6, 6.07) is 7.62. The van der Waals surface area contributed by atoms with E-state index in [-0.39, 0.29) is 5.91 Å². The van der Waals surface area contributed by atoms with Gasteiger partial charge < -0.3 is 15.8 Å². The summed E-state index contributed by atoms with van der Waals surface area (Å²) in [5.74, 6) is -0.0123. The highest BCUT2D eigenvalue weighted by molar-refractivity contribution is 5.91. The van der Waals surface area contributed by atoms with E-state index in [0.717, 1.165) is 24.1 Å². The highest BCUT2D eigenvalue weighted by Gasteiger charge is 2.14. The number of carbonyl (C=O) groups excluding carboxylic acids is 1. The number of ether oxygens (including phenoxy) is 1. The molecule has 3 N–H and O–H groups in total. The maximum atomic E-state index is 11.9. The van der Waals surface area contributed by atoms with Gasteiger partial charge >= 0.3 is 0 Å². The summed E-state index contributed by atoms with van der Waals surface area (Å²) < 4.78 is 5.76. The first kappa shape index (κ1) is 15.0. The quantitative estimate of drug-likeness (QED) is 0.839. The number of hydrogen-bond donors (Lipinski definition) is 2. The molecule has 2 rings (SSSR count). The third-order valence-corrected chi connectivity index (χ3v) is 3.75. The smallest absolute Gasteiger partial charge is 0.226 e. The number of amides is 1. The maximum absolute atomic E-state index is 11.9. The molecule has 20 heavy (non-hydrogen) atoms. The van der Waals surface area contributed by atoms with Gasteiger partial charge in [-0.15, -0.1) is 0 Å². The lowest BCUT2D eigenvalue weighted by Crippen LogP contribution is -2.21. The minimum Gasteiger partial charge on any atom is -0.378 e. The topological polar surface area (TPSA) is 64.3 Å². The molecular formula is C16H24N2O2. The molecule has 1 aromatic rings. The Kier molecular flexibility index (Phi) is 6.02. The first-order valence-electron chi connectivity index (χ1n) is 7.49. The van der Waals surface area contributed by atoms with Gasteiger partial charge in [-0.2, -0.15) is 0 Å². The van der Waals surface area contributed by atoms with Gasteiger partial charge in [0.2, 0.25) is 5.91 Å². The maximum Gasteiger partial charge on any atom is 0.226 e. The van der Waals surface area contributed by atoms with Crippen LogP contribution in [0.3, 0.4) is 0 Å². The van der Waals surface area contributed by atoms with Gasteiger partial charge in [0, 0.05) is 12.2 Å². The molecule has 0 bridgehead atoms. The van der Waals surface area contributed by atoms with Crippen molar-refractivity contribution in [3.05, 3.63) is 29.8 Å². The molecular weight excluding hydrogens is 252 g/mol. The van der Waals surface area contributed by atoms with Crippen molar-refractivity contribution >= 4 is 11.6 Å². The van der Waals surface area contributed by atoms with E-state index < -0.39 is 0 Å². The number of para-hydroxylation sites is 1. The van der Waals surface area contributed by atoms with E-state index in [1.54, 1.807) is 0 Å². The monoisotopic (exact) mass is 276 g/mol. The van der Waals surface area contributed by atoms with Gasteiger partial charge in [0.05, 0.1) is 19.1 Å². The van der Waals surface area contributed by atoms with Crippen LogP contribution in [0, 0.1) is 0 Å². The second-order valence-electron chi connectivity index (χ2n) is 5.29. The molecule has 1 fully saturated rings. The second kappa shape index (κ2) is 8.02. The molecule has 1 amide bonds. The van der Waals surface area contributed by atoms with Crippen LogP contribution in [0.25, 0.3) is 0 Å². The van der Waals surface area contributed by atoms with Crippen LogP contribution in [0.1, 0.15) is 44.1 Å². The largest absolute Gasteiger partial charge is 0.378 e. The Morgan fingerprint density at radius 1 is 1.25 bits per heavy atom. The highest BCUT2D eigenvalue weighted by atomic mass is 16.5. The fourth-order valence-electron chi connectivity index (χ4n) is 2.58. The molecule has 1 saturated carbocycles. The second-order valence-corrected chi connectivity index (χ2v) is 5.29. The Labute approximate surface area is 120 Å². The van der Waals surface area contributed by atoms with Gasteiger partial charge in [-0.25, -0.2) is 0 Å². The van der Waals surface area contributed by atoms with Crippen molar-refractivity contribution in [3.8, 4) is 0 Å². The van der Waals surface area contributed by atoms with Crippen LogP contribution in [0.4, 0.5) is 5.69 Å². The average molecular weight is 276 g/mol. The van der Waals surface area contributed by atoms with Gasteiger partial charge in [0.25, 0.3) is 0 Å². The number of carbonyl (C=O) groups is 1.